The fraction of sp³-hybridized carbons (Fsp3) is 0.429. The number of ether oxygens (including phenoxy) is 1. The third kappa shape index (κ3) is 3.48. The molecule has 142 valence electrons. The number of carbonyl (C=O) groups excluding carboxylic acids is 1. The first-order chi connectivity index (χ1) is 13.1. The predicted molar refractivity (Wildman–Crippen MR) is 108 cm³/mol. The molecule has 2 N–H and O–H groups in total. The molecule has 2 unspecified atom stereocenters. The van der Waals surface area contributed by atoms with E-state index in [-0.39, 0.29) is 17.4 Å². The Labute approximate surface area is 164 Å². The highest BCUT2D eigenvalue weighted by Crippen LogP contribution is 2.39. The van der Waals surface area contributed by atoms with Gasteiger partial charge < -0.3 is 15.4 Å². The topological polar surface area (TPSA) is 67.9 Å². The highest BCUT2D eigenvalue weighted by Gasteiger charge is 2.31. The first-order valence-corrected chi connectivity index (χ1v) is 9.82. The maximum atomic E-state index is 11.8. The van der Waals surface area contributed by atoms with Gasteiger partial charge >= 0.3 is 6.09 Å². The number of alkyl halides is 1. The van der Waals surface area contributed by atoms with Crippen LogP contribution in [0.15, 0.2) is 63.5 Å². The summed E-state index contributed by atoms with van der Waals surface area (Å²) in [6, 6.07) is 0. The van der Waals surface area contributed by atoms with Crippen molar-refractivity contribution in [2.24, 2.45) is 16.6 Å². The van der Waals surface area contributed by atoms with Crippen LogP contribution in [0.25, 0.3) is 0 Å². The zero-order valence-electron chi connectivity index (χ0n) is 15.5. The van der Waals surface area contributed by atoms with E-state index < -0.39 is 0 Å². The van der Waals surface area contributed by atoms with E-state index in [1.54, 1.807) is 11.1 Å². The number of piperidine rings is 1. The molecule has 2 aliphatic carbocycles. The quantitative estimate of drug-likeness (QED) is 0.644. The minimum Gasteiger partial charge on any atom is -0.453 e. The molecule has 0 radical (unpaired) electrons. The number of nitrogens with zero attached hydrogens (tertiary/aromatic N) is 2. The van der Waals surface area contributed by atoms with Gasteiger partial charge in [0.2, 0.25) is 0 Å². The lowest BCUT2D eigenvalue weighted by molar-refractivity contribution is 0.120. The van der Waals surface area contributed by atoms with Crippen LogP contribution in [0, 0.1) is 5.92 Å². The highest BCUT2D eigenvalue weighted by molar-refractivity contribution is 6.22. The molecule has 1 saturated heterocycles. The van der Waals surface area contributed by atoms with Crippen molar-refractivity contribution in [1.29, 1.82) is 0 Å². The lowest BCUT2D eigenvalue weighted by Crippen LogP contribution is -2.37. The second-order valence-corrected chi connectivity index (χ2v) is 7.90. The maximum absolute atomic E-state index is 11.8. The summed E-state index contributed by atoms with van der Waals surface area (Å²) in [6.07, 6.45) is 13.4. The molecule has 0 bridgehead atoms. The van der Waals surface area contributed by atoms with E-state index in [9.17, 15) is 4.79 Å². The van der Waals surface area contributed by atoms with Crippen LogP contribution in [0.3, 0.4) is 0 Å². The minimum atomic E-state index is -0.257. The Bertz CT molecular complexity index is 837. The molecule has 2 atom stereocenters. The number of allylic oxidation sites excluding steroid dienone is 8. The lowest BCUT2D eigenvalue weighted by Gasteiger charge is -2.31. The van der Waals surface area contributed by atoms with Crippen LogP contribution in [-0.4, -0.2) is 42.3 Å². The Morgan fingerprint density at radius 3 is 2.78 bits per heavy atom. The predicted octanol–water partition coefficient (Wildman–Crippen LogP) is 3.84. The third-order valence-electron chi connectivity index (χ3n) is 5.62. The van der Waals surface area contributed by atoms with Crippen molar-refractivity contribution in [2.75, 3.05) is 20.2 Å². The lowest BCUT2D eigenvalue weighted by atomic mass is 9.81. The summed E-state index contributed by atoms with van der Waals surface area (Å²) in [4.78, 5) is 18.3. The van der Waals surface area contributed by atoms with Gasteiger partial charge in [-0.2, -0.15) is 0 Å². The van der Waals surface area contributed by atoms with Crippen LogP contribution >= 0.6 is 11.6 Å². The zero-order valence-corrected chi connectivity index (χ0v) is 16.2. The average molecular weight is 386 g/mol. The van der Waals surface area contributed by atoms with Crippen molar-refractivity contribution in [2.45, 2.75) is 31.1 Å². The largest absolute Gasteiger partial charge is 0.453 e. The van der Waals surface area contributed by atoms with Crippen LogP contribution in [0.1, 0.15) is 25.7 Å². The first-order valence-electron chi connectivity index (χ1n) is 9.38. The molecule has 4 aliphatic rings. The third-order valence-corrected chi connectivity index (χ3v) is 5.92. The summed E-state index contributed by atoms with van der Waals surface area (Å²) in [7, 11) is 1.43. The van der Waals surface area contributed by atoms with Crippen LogP contribution < -0.4 is 5.73 Å². The first kappa shape index (κ1) is 18.1. The van der Waals surface area contributed by atoms with Crippen molar-refractivity contribution in [3.63, 3.8) is 0 Å². The van der Waals surface area contributed by atoms with Gasteiger partial charge in [0.15, 0.2) is 0 Å². The monoisotopic (exact) mass is 385 g/mol. The molecule has 2 heterocycles. The molecule has 0 aromatic carbocycles. The van der Waals surface area contributed by atoms with Gasteiger partial charge in [0.25, 0.3) is 0 Å². The van der Waals surface area contributed by atoms with Crippen LogP contribution in [-0.2, 0) is 4.74 Å². The van der Waals surface area contributed by atoms with E-state index in [0.29, 0.717) is 13.1 Å². The number of carbonyl (C=O) groups is 1. The van der Waals surface area contributed by atoms with E-state index in [0.717, 1.165) is 37.1 Å². The summed E-state index contributed by atoms with van der Waals surface area (Å²) in [6.45, 7) is 1.33. The van der Waals surface area contributed by atoms with Gasteiger partial charge in [0, 0.05) is 42.9 Å². The van der Waals surface area contributed by atoms with Crippen LogP contribution in [0.4, 0.5) is 4.79 Å². The summed E-state index contributed by atoms with van der Waals surface area (Å²) >= 11 is 6.38. The number of halogens is 1. The Balaban J connectivity index is 1.76. The molecule has 0 saturated carbocycles. The summed E-state index contributed by atoms with van der Waals surface area (Å²) < 4.78 is 4.87. The molecule has 2 aliphatic heterocycles. The number of aliphatic imine (C=N–C) groups is 1. The smallest absolute Gasteiger partial charge is 0.409 e. The van der Waals surface area contributed by atoms with E-state index in [4.69, 9.17) is 27.1 Å². The second kappa shape index (κ2) is 7.39. The van der Waals surface area contributed by atoms with Crippen LogP contribution in [0.5, 0.6) is 0 Å². The van der Waals surface area contributed by atoms with Gasteiger partial charge in [-0.05, 0) is 30.4 Å². The fourth-order valence-corrected chi connectivity index (χ4v) is 4.48. The average Bonchev–Trinajstić information content (AvgIpc) is 2.83. The van der Waals surface area contributed by atoms with Crippen LogP contribution in [0.2, 0.25) is 0 Å². The maximum Gasteiger partial charge on any atom is 0.409 e. The molecular weight excluding hydrogens is 362 g/mol. The molecule has 5 nitrogen and oxygen atoms in total. The molecule has 6 heteroatoms. The van der Waals surface area contributed by atoms with Crippen molar-refractivity contribution in [3.8, 4) is 0 Å². The Hall–Kier alpha value is -2.27. The minimum absolute atomic E-state index is 0.0195. The van der Waals surface area contributed by atoms with Gasteiger partial charge in [-0.15, -0.1) is 11.6 Å². The number of hydrogen-bond donors (Lipinski definition) is 1. The van der Waals surface area contributed by atoms with E-state index >= 15 is 0 Å². The van der Waals surface area contributed by atoms with Crippen molar-refractivity contribution in [3.05, 3.63) is 58.5 Å². The fourth-order valence-electron chi connectivity index (χ4n) is 4.24. The Morgan fingerprint density at radius 2 is 2.04 bits per heavy atom. The van der Waals surface area contributed by atoms with Gasteiger partial charge in [0.05, 0.1) is 18.2 Å². The number of nitrogens with two attached hydrogens (primary N) is 1. The van der Waals surface area contributed by atoms with Gasteiger partial charge in [-0.1, -0.05) is 29.9 Å². The number of rotatable bonds is 0. The Morgan fingerprint density at radius 1 is 1.26 bits per heavy atom. The highest BCUT2D eigenvalue weighted by atomic mass is 35.5. The molecule has 27 heavy (non-hydrogen) atoms. The molecule has 4 rings (SSSR count). The number of likely N-dealkylation sites (tertiary alicyclic amines) is 1. The molecular formula is C21H24ClN3O2. The second-order valence-electron chi connectivity index (χ2n) is 7.34. The Kier molecular flexibility index (Phi) is 4.96. The molecule has 0 spiro atoms. The number of amides is 1. The van der Waals surface area contributed by atoms with Gasteiger partial charge in [-0.3, -0.25) is 4.99 Å². The molecule has 1 amide bonds. The van der Waals surface area contributed by atoms with Crippen molar-refractivity contribution in [1.82, 2.24) is 4.90 Å². The van der Waals surface area contributed by atoms with E-state index in [1.807, 2.05) is 0 Å². The molecule has 1 fully saturated rings. The van der Waals surface area contributed by atoms with Crippen molar-refractivity contribution < 1.29 is 9.53 Å². The van der Waals surface area contributed by atoms with Gasteiger partial charge in [0.1, 0.15) is 0 Å². The van der Waals surface area contributed by atoms with E-state index in [2.05, 4.69) is 24.3 Å². The zero-order chi connectivity index (χ0) is 19.0. The SMILES string of the molecule is COC(=O)N1CCC(=C2C3=NC=C(N)CC3C=CC3=C2C=CC(Cl)C3)CC1. The summed E-state index contributed by atoms with van der Waals surface area (Å²) in [5.74, 6) is 0.184. The summed E-state index contributed by atoms with van der Waals surface area (Å²) in [5, 5.41) is 0.0195. The normalized spacial score (nSPS) is 27.6. The summed E-state index contributed by atoms with van der Waals surface area (Å²) in [5.41, 5.74) is 13.0. The number of fused-ring (bicyclic) bond motifs is 1. The molecule has 0 aromatic rings. The molecule has 0 aromatic heterocycles. The van der Waals surface area contributed by atoms with Crippen molar-refractivity contribution >= 4 is 23.4 Å². The van der Waals surface area contributed by atoms with E-state index in [1.165, 1.54) is 29.4 Å². The van der Waals surface area contributed by atoms with Gasteiger partial charge in [-0.25, -0.2) is 4.79 Å². The standard InChI is InChI=1S/C21H24ClN3O2/c1-27-21(26)25-8-6-13(7-9-25)19-18-5-4-16(22)10-14(18)2-3-15-11-17(23)12-24-20(15)19/h2-5,12,15-16H,6-11,23H2,1H3. The number of methoxy groups -OCH3 is 1. The number of hydrogen-bond acceptors (Lipinski definition) is 4.